The van der Waals surface area contributed by atoms with Gasteiger partial charge in [0.05, 0.1) is 7.14 Å². The lowest BCUT2D eigenvalue weighted by atomic mass is 10.0. The van der Waals surface area contributed by atoms with Crippen molar-refractivity contribution in [3.63, 3.8) is 0 Å². The molecule has 0 aliphatic rings. The first kappa shape index (κ1) is 11.6. The molecule has 13 heavy (non-hydrogen) atoms. The van der Waals surface area contributed by atoms with E-state index < -0.39 is 0 Å². The van der Waals surface area contributed by atoms with E-state index in [0.717, 1.165) is 13.6 Å². The molecule has 0 amide bonds. The maximum atomic E-state index is 9.55. The van der Waals surface area contributed by atoms with Gasteiger partial charge in [-0.25, -0.2) is 0 Å². The van der Waals surface area contributed by atoms with E-state index >= 15 is 0 Å². The first-order chi connectivity index (χ1) is 6.00. The highest BCUT2D eigenvalue weighted by atomic mass is 127. The molecule has 0 aliphatic carbocycles. The van der Waals surface area contributed by atoms with Crippen LogP contribution in [0.15, 0.2) is 12.1 Å². The van der Waals surface area contributed by atoms with Gasteiger partial charge >= 0.3 is 0 Å². The van der Waals surface area contributed by atoms with Gasteiger partial charge in [0, 0.05) is 0 Å². The van der Waals surface area contributed by atoms with Crippen molar-refractivity contribution in [2.24, 2.45) is 5.92 Å². The quantitative estimate of drug-likeness (QED) is 0.747. The summed E-state index contributed by atoms with van der Waals surface area (Å²) in [5.74, 6) is 1.07. The molecule has 0 saturated heterocycles. The Morgan fingerprint density at radius 3 is 2.08 bits per heavy atom. The number of hydrogen-bond acceptors (Lipinski definition) is 1. The van der Waals surface area contributed by atoms with Gasteiger partial charge in [-0.15, -0.1) is 0 Å². The molecule has 0 radical (unpaired) electrons. The van der Waals surface area contributed by atoms with Gasteiger partial charge in [0.1, 0.15) is 5.75 Å². The van der Waals surface area contributed by atoms with Gasteiger partial charge < -0.3 is 5.11 Å². The summed E-state index contributed by atoms with van der Waals surface area (Å²) < 4.78 is 1.89. The van der Waals surface area contributed by atoms with Gasteiger partial charge in [-0.2, -0.15) is 0 Å². The van der Waals surface area contributed by atoms with Crippen LogP contribution in [-0.2, 0) is 6.42 Å². The monoisotopic (exact) mass is 402 g/mol. The Hall–Kier alpha value is 0.480. The molecule has 0 aliphatic heterocycles. The molecule has 0 unspecified atom stereocenters. The maximum absolute atomic E-state index is 9.55. The highest BCUT2D eigenvalue weighted by Gasteiger charge is 2.06. The summed E-state index contributed by atoms with van der Waals surface area (Å²) in [6, 6.07) is 4.11. The van der Waals surface area contributed by atoms with Crippen LogP contribution in [0.5, 0.6) is 5.75 Å². The second kappa shape index (κ2) is 4.82. The molecule has 1 nitrogen and oxygen atoms in total. The van der Waals surface area contributed by atoms with Crippen molar-refractivity contribution in [2.45, 2.75) is 20.3 Å². The van der Waals surface area contributed by atoms with Gasteiger partial charge in [0.25, 0.3) is 0 Å². The largest absolute Gasteiger partial charge is 0.506 e. The third-order valence-corrected chi connectivity index (χ3v) is 3.37. The van der Waals surface area contributed by atoms with E-state index in [1.807, 2.05) is 0 Å². The number of halogens is 2. The Morgan fingerprint density at radius 2 is 1.69 bits per heavy atom. The molecule has 1 N–H and O–H groups in total. The van der Waals surface area contributed by atoms with Gasteiger partial charge in [-0.05, 0) is 75.2 Å². The molecule has 0 bridgehead atoms. The zero-order valence-electron chi connectivity index (χ0n) is 7.64. The van der Waals surface area contributed by atoms with E-state index in [4.69, 9.17) is 0 Å². The smallest absolute Gasteiger partial charge is 0.142 e. The molecule has 3 heteroatoms. The molecular weight excluding hydrogens is 390 g/mol. The highest BCUT2D eigenvalue weighted by Crippen LogP contribution is 2.28. The van der Waals surface area contributed by atoms with Crippen molar-refractivity contribution in [3.8, 4) is 5.75 Å². The fraction of sp³-hybridized carbons (Fsp3) is 0.400. The zero-order chi connectivity index (χ0) is 10.0. The van der Waals surface area contributed by atoms with Crippen LogP contribution in [0.25, 0.3) is 0 Å². The van der Waals surface area contributed by atoms with Crippen LogP contribution in [0.2, 0.25) is 0 Å². The van der Waals surface area contributed by atoms with Crippen LogP contribution in [-0.4, -0.2) is 5.11 Å². The summed E-state index contributed by atoms with van der Waals surface area (Å²) in [5.41, 5.74) is 1.31. The Labute approximate surface area is 106 Å². The number of benzene rings is 1. The third kappa shape index (κ3) is 3.27. The summed E-state index contributed by atoms with van der Waals surface area (Å²) >= 11 is 4.34. The molecule has 1 aromatic rings. The van der Waals surface area contributed by atoms with Crippen molar-refractivity contribution in [1.29, 1.82) is 0 Å². The van der Waals surface area contributed by atoms with Crippen molar-refractivity contribution < 1.29 is 5.11 Å². The maximum Gasteiger partial charge on any atom is 0.142 e. The van der Waals surface area contributed by atoms with Crippen LogP contribution in [0.3, 0.4) is 0 Å². The first-order valence-corrected chi connectivity index (χ1v) is 6.33. The summed E-state index contributed by atoms with van der Waals surface area (Å²) in [7, 11) is 0. The molecule has 0 spiro atoms. The van der Waals surface area contributed by atoms with Gasteiger partial charge in [-0.3, -0.25) is 0 Å². The summed E-state index contributed by atoms with van der Waals surface area (Å²) in [5, 5.41) is 9.55. The van der Waals surface area contributed by atoms with Crippen LogP contribution in [0.1, 0.15) is 19.4 Å². The molecule has 0 saturated carbocycles. The van der Waals surface area contributed by atoms with Crippen molar-refractivity contribution in [3.05, 3.63) is 24.8 Å². The van der Waals surface area contributed by atoms with Gasteiger partial charge in [-0.1, -0.05) is 13.8 Å². The summed E-state index contributed by atoms with van der Waals surface area (Å²) in [6.07, 6.45) is 1.08. The zero-order valence-corrected chi connectivity index (χ0v) is 12.0. The predicted molar refractivity (Wildman–Crippen MR) is 72.1 cm³/mol. The Morgan fingerprint density at radius 1 is 1.23 bits per heavy atom. The van der Waals surface area contributed by atoms with Crippen LogP contribution in [0, 0.1) is 13.1 Å². The lowest BCUT2D eigenvalue weighted by molar-refractivity contribution is 0.467. The second-order valence-electron chi connectivity index (χ2n) is 3.51. The SMILES string of the molecule is CC(C)Cc1cc(I)c(O)c(I)c1. The molecule has 1 aromatic carbocycles. The molecule has 0 heterocycles. The molecule has 1 rings (SSSR count). The Kier molecular flexibility index (Phi) is 4.28. The fourth-order valence-corrected chi connectivity index (χ4v) is 3.10. The number of phenolic OH excluding ortho intramolecular Hbond substituents is 1. The Balaban J connectivity index is 2.99. The lowest BCUT2D eigenvalue weighted by Gasteiger charge is -2.07. The predicted octanol–water partition coefficient (Wildman–Crippen LogP) is 3.80. The van der Waals surface area contributed by atoms with Crippen molar-refractivity contribution in [1.82, 2.24) is 0 Å². The first-order valence-electron chi connectivity index (χ1n) is 4.17. The van der Waals surface area contributed by atoms with E-state index in [0.29, 0.717) is 11.7 Å². The average molecular weight is 402 g/mol. The van der Waals surface area contributed by atoms with E-state index in [9.17, 15) is 5.11 Å². The Bertz CT molecular complexity index is 285. The molecule has 0 atom stereocenters. The number of rotatable bonds is 2. The van der Waals surface area contributed by atoms with Crippen molar-refractivity contribution in [2.75, 3.05) is 0 Å². The number of phenols is 1. The normalized spacial score (nSPS) is 10.8. The van der Waals surface area contributed by atoms with Crippen LogP contribution >= 0.6 is 45.2 Å². The van der Waals surface area contributed by atoms with Gasteiger partial charge in [0.2, 0.25) is 0 Å². The van der Waals surface area contributed by atoms with Crippen LogP contribution in [0.4, 0.5) is 0 Å². The molecule has 0 aromatic heterocycles. The topological polar surface area (TPSA) is 20.2 Å². The summed E-state index contributed by atoms with van der Waals surface area (Å²) in [4.78, 5) is 0. The minimum Gasteiger partial charge on any atom is -0.506 e. The highest BCUT2D eigenvalue weighted by molar-refractivity contribution is 14.1. The van der Waals surface area contributed by atoms with Crippen molar-refractivity contribution >= 4 is 45.2 Å². The number of aromatic hydroxyl groups is 1. The summed E-state index contributed by atoms with van der Waals surface area (Å²) in [6.45, 7) is 4.40. The average Bonchev–Trinajstić information content (AvgIpc) is 1.98. The standard InChI is InChI=1S/C10H12I2O/c1-6(2)3-7-4-8(11)10(13)9(12)5-7/h4-6,13H,3H2,1-2H3. The van der Waals surface area contributed by atoms with Gasteiger partial charge in [0.15, 0.2) is 0 Å². The minimum atomic E-state index is 0.411. The second-order valence-corrected chi connectivity index (χ2v) is 5.83. The van der Waals surface area contributed by atoms with Crippen LogP contribution < -0.4 is 0 Å². The molecular formula is C10H12I2O. The molecule has 0 fully saturated rings. The van der Waals surface area contributed by atoms with E-state index in [-0.39, 0.29) is 0 Å². The van der Waals surface area contributed by atoms with E-state index in [1.165, 1.54) is 5.56 Å². The van der Waals surface area contributed by atoms with E-state index in [2.05, 4.69) is 71.2 Å². The minimum absolute atomic E-state index is 0.411. The third-order valence-electron chi connectivity index (χ3n) is 1.72. The fourth-order valence-electron chi connectivity index (χ4n) is 1.21. The van der Waals surface area contributed by atoms with E-state index in [1.54, 1.807) is 0 Å². The lowest BCUT2D eigenvalue weighted by Crippen LogP contribution is -1.95. The number of hydrogen-bond donors (Lipinski definition) is 1. The molecule has 72 valence electrons.